The molecule has 3 heteroatoms. The molecule has 0 aromatic rings. The monoisotopic (exact) mass is 191 g/mol. The van der Waals surface area contributed by atoms with Crippen molar-refractivity contribution in [2.75, 3.05) is 31.3 Å². The van der Waals surface area contributed by atoms with E-state index in [0.717, 1.165) is 19.8 Å². The molecule has 0 aliphatic carbocycles. The van der Waals surface area contributed by atoms with E-state index in [2.05, 4.69) is 19.2 Å². The second kappa shape index (κ2) is 9.36. The van der Waals surface area contributed by atoms with Crippen LogP contribution >= 0.6 is 11.8 Å². The third kappa shape index (κ3) is 8.37. The molecule has 0 heterocycles. The summed E-state index contributed by atoms with van der Waals surface area (Å²) in [6, 6.07) is 0.488. The van der Waals surface area contributed by atoms with Crippen LogP contribution in [0.1, 0.15) is 20.8 Å². The van der Waals surface area contributed by atoms with Crippen LogP contribution in [0, 0.1) is 0 Å². The van der Waals surface area contributed by atoms with E-state index >= 15 is 0 Å². The highest BCUT2D eigenvalue weighted by Gasteiger charge is 1.98. The van der Waals surface area contributed by atoms with Gasteiger partial charge in [-0.1, -0.05) is 6.92 Å². The number of hydrogen-bond donors (Lipinski definition) is 1. The molecule has 0 aromatic heterocycles. The predicted octanol–water partition coefficient (Wildman–Crippen LogP) is 1.75. The second-order valence-corrected chi connectivity index (χ2v) is 4.11. The zero-order chi connectivity index (χ0) is 9.23. The van der Waals surface area contributed by atoms with Crippen LogP contribution < -0.4 is 5.32 Å². The molecular formula is C9H21NOS. The minimum absolute atomic E-state index is 0.488. The molecule has 0 aliphatic rings. The average Bonchev–Trinajstić information content (AvgIpc) is 2.09. The first kappa shape index (κ1) is 12.3. The number of nitrogens with one attached hydrogen (secondary N) is 1. The second-order valence-electron chi connectivity index (χ2n) is 2.71. The molecule has 1 unspecified atom stereocenters. The molecule has 2 nitrogen and oxygen atoms in total. The van der Waals surface area contributed by atoms with Crippen LogP contribution in [0.2, 0.25) is 0 Å². The van der Waals surface area contributed by atoms with Crippen molar-refractivity contribution in [3.05, 3.63) is 0 Å². The average molecular weight is 191 g/mol. The maximum atomic E-state index is 5.28. The summed E-state index contributed by atoms with van der Waals surface area (Å²) in [5.74, 6) is 2.41. The van der Waals surface area contributed by atoms with E-state index in [1.807, 2.05) is 18.7 Å². The van der Waals surface area contributed by atoms with Gasteiger partial charge in [-0.2, -0.15) is 11.8 Å². The van der Waals surface area contributed by atoms with E-state index in [0.29, 0.717) is 6.04 Å². The molecular weight excluding hydrogens is 170 g/mol. The molecule has 0 fully saturated rings. The van der Waals surface area contributed by atoms with Gasteiger partial charge in [-0.25, -0.2) is 0 Å². The van der Waals surface area contributed by atoms with Gasteiger partial charge in [0.1, 0.15) is 0 Å². The van der Waals surface area contributed by atoms with E-state index in [1.165, 1.54) is 11.5 Å². The van der Waals surface area contributed by atoms with Crippen molar-refractivity contribution >= 4 is 11.8 Å². The van der Waals surface area contributed by atoms with Crippen LogP contribution in [0.15, 0.2) is 0 Å². The lowest BCUT2D eigenvalue weighted by Gasteiger charge is -2.12. The van der Waals surface area contributed by atoms with Gasteiger partial charge in [0.25, 0.3) is 0 Å². The van der Waals surface area contributed by atoms with Gasteiger partial charge in [0.15, 0.2) is 0 Å². The summed E-state index contributed by atoms with van der Waals surface area (Å²) in [6.45, 7) is 9.11. The Labute approximate surface area is 80.4 Å². The zero-order valence-corrected chi connectivity index (χ0v) is 9.25. The van der Waals surface area contributed by atoms with Gasteiger partial charge in [-0.3, -0.25) is 0 Å². The Morgan fingerprint density at radius 3 is 2.75 bits per heavy atom. The van der Waals surface area contributed by atoms with Crippen molar-refractivity contribution in [2.45, 2.75) is 26.8 Å². The van der Waals surface area contributed by atoms with E-state index in [1.54, 1.807) is 0 Å². The van der Waals surface area contributed by atoms with Crippen LogP contribution in [0.4, 0.5) is 0 Å². The quantitative estimate of drug-likeness (QED) is 0.591. The lowest BCUT2D eigenvalue weighted by molar-refractivity contribution is 0.128. The van der Waals surface area contributed by atoms with Crippen LogP contribution in [0.3, 0.4) is 0 Å². The van der Waals surface area contributed by atoms with Crippen molar-refractivity contribution < 1.29 is 4.74 Å². The lowest BCUT2D eigenvalue weighted by Crippen LogP contribution is -2.32. The topological polar surface area (TPSA) is 21.3 Å². The molecule has 1 N–H and O–H groups in total. The van der Waals surface area contributed by atoms with E-state index in [-0.39, 0.29) is 0 Å². The Kier molecular flexibility index (Phi) is 9.57. The Hall–Kier alpha value is 0.270. The lowest BCUT2D eigenvalue weighted by atomic mass is 10.3. The van der Waals surface area contributed by atoms with E-state index < -0.39 is 0 Å². The Bertz CT molecular complexity index is 90.6. The zero-order valence-electron chi connectivity index (χ0n) is 8.43. The van der Waals surface area contributed by atoms with E-state index in [4.69, 9.17) is 4.74 Å². The molecule has 0 rings (SSSR count). The van der Waals surface area contributed by atoms with Gasteiger partial charge < -0.3 is 10.1 Å². The minimum atomic E-state index is 0.488. The first-order chi connectivity index (χ1) is 5.81. The van der Waals surface area contributed by atoms with Gasteiger partial charge >= 0.3 is 0 Å². The highest BCUT2D eigenvalue weighted by molar-refractivity contribution is 7.99. The Morgan fingerprint density at radius 1 is 1.42 bits per heavy atom. The van der Waals surface area contributed by atoms with E-state index in [9.17, 15) is 0 Å². The fraction of sp³-hybridized carbons (Fsp3) is 1.00. The Morgan fingerprint density at radius 2 is 2.17 bits per heavy atom. The molecule has 0 amide bonds. The highest BCUT2D eigenvalue weighted by atomic mass is 32.2. The van der Waals surface area contributed by atoms with Crippen molar-refractivity contribution in [1.82, 2.24) is 5.32 Å². The predicted molar refractivity (Wildman–Crippen MR) is 57.0 cm³/mol. The molecule has 0 spiro atoms. The number of hydrogen-bond acceptors (Lipinski definition) is 3. The van der Waals surface area contributed by atoms with Crippen molar-refractivity contribution in [3.8, 4) is 0 Å². The maximum absolute atomic E-state index is 5.28. The van der Waals surface area contributed by atoms with Gasteiger partial charge in [0, 0.05) is 24.9 Å². The van der Waals surface area contributed by atoms with Crippen LogP contribution in [-0.4, -0.2) is 37.3 Å². The molecule has 0 saturated heterocycles. The van der Waals surface area contributed by atoms with Crippen LogP contribution in [0.5, 0.6) is 0 Å². The summed E-state index contributed by atoms with van der Waals surface area (Å²) in [6.07, 6.45) is 0. The summed E-state index contributed by atoms with van der Waals surface area (Å²) >= 11 is 1.97. The smallest absolute Gasteiger partial charge is 0.0616 e. The van der Waals surface area contributed by atoms with Crippen LogP contribution in [-0.2, 0) is 4.74 Å². The normalized spacial score (nSPS) is 13.2. The fourth-order valence-electron chi connectivity index (χ4n) is 0.875. The first-order valence-corrected chi connectivity index (χ1v) is 5.85. The highest BCUT2D eigenvalue weighted by Crippen LogP contribution is 1.95. The maximum Gasteiger partial charge on any atom is 0.0616 e. The SMILES string of the molecule is CCOCC(C)NCCSCC. The minimum Gasteiger partial charge on any atom is -0.380 e. The largest absolute Gasteiger partial charge is 0.380 e. The van der Waals surface area contributed by atoms with Crippen LogP contribution in [0.25, 0.3) is 0 Å². The summed E-state index contributed by atoms with van der Waals surface area (Å²) in [7, 11) is 0. The molecule has 0 bridgehead atoms. The number of ether oxygens (including phenoxy) is 1. The standard InChI is InChI=1S/C9H21NOS/c1-4-11-8-9(3)10-6-7-12-5-2/h9-10H,4-8H2,1-3H3. The van der Waals surface area contributed by atoms with Gasteiger partial charge in [-0.15, -0.1) is 0 Å². The summed E-state index contributed by atoms with van der Waals surface area (Å²) in [4.78, 5) is 0. The fourth-order valence-corrected chi connectivity index (χ4v) is 1.43. The van der Waals surface area contributed by atoms with Gasteiger partial charge in [0.05, 0.1) is 6.61 Å². The molecule has 0 radical (unpaired) electrons. The summed E-state index contributed by atoms with van der Waals surface area (Å²) < 4.78 is 5.28. The Balaban J connectivity index is 3.02. The number of rotatable bonds is 8. The molecule has 0 saturated carbocycles. The summed E-state index contributed by atoms with van der Waals surface area (Å²) in [5, 5.41) is 3.41. The van der Waals surface area contributed by atoms with Crippen molar-refractivity contribution in [2.24, 2.45) is 0 Å². The molecule has 12 heavy (non-hydrogen) atoms. The molecule has 74 valence electrons. The molecule has 0 aromatic carbocycles. The third-order valence-electron chi connectivity index (χ3n) is 1.52. The molecule has 1 atom stereocenters. The number of thioether (sulfide) groups is 1. The summed E-state index contributed by atoms with van der Waals surface area (Å²) in [5.41, 5.74) is 0. The van der Waals surface area contributed by atoms with Crippen molar-refractivity contribution in [3.63, 3.8) is 0 Å². The first-order valence-electron chi connectivity index (χ1n) is 4.70. The van der Waals surface area contributed by atoms with Crippen molar-refractivity contribution in [1.29, 1.82) is 0 Å². The molecule has 0 aliphatic heterocycles. The third-order valence-corrected chi connectivity index (χ3v) is 2.42. The van der Waals surface area contributed by atoms with Gasteiger partial charge in [0.2, 0.25) is 0 Å². The van der Waals surface area contributed by atoms with Gasteiger partial charge in [-0.05, 0) is 19.6 Å².